The van der Waals surface area contributed by atoms with Crippen molar-refractivity contribution in [1.82, 2.24) is 15.1 Å². The first-order chi connectivity index (χ1) is 8.04. The maximum atomic E-state index is 12.0. The van der Waals surface area contributed by atoms with Gasteiger partial charge >= 0.3 is 6.03 Å². The van der Waals surface area contributed by atoms with Crippen LogP contribution in [-0.2, 0) is 4.74 Å². The number of urea groups is 1. The summed E-state index contributed by atoms with van der Waals surface area (Å²) in [5.41, 5.74) is 0. The molecule has 0 saturated carbocycles. The summed E-state index contributed by atoms with van der Waals surface area (Å²) in [5.74, 6) is 0. The predicted molar refractivity (Wildman–Crippen MR) is 65.2 cm³/mol. The quantitative estimate of drug-likeness (QED) is 0.826. The van der Waals surface area contributed by atoms with E-state index in [9.17, 15) is 4.79 Å². The monoisotopic (exact) mass is 256 g/mol. The predicted octanol–water partition coefficient (Wildman–Crippen LogP) is 1.49. The first kappa shape index (κ1) is 12.3. The van der Waals surface area contributed by atoms with E-state index < -0.39 is 0 Å². The molecule has 17 heavy (non-hydrogen) atoms. The molecule has 2 unspecified atom stereocenters. The summed E-state index contributed by atoms with van der Waals surface area (Å²) >= 11 is 1.37. The van der Waals surface area contributed by atoms with Crippen molar-refractivity contribution >= 4 is 22.5 Å². The van der Waals surface area contributed by atoms with Gasteiger partial charge in [0.15, 0.2) is 0 Å². The summed E-state index contributed by atoms with van der Waals surface area (Å²) < 4.78 is 5.57. The molecule has 2 rings (SSSR count). The minimum Gasteiger partial charge on any atom is -0.372 e. The molecule has 0 aromatic carbocycles. The van der Waals surface area contributed by atoms with Gasteiger partial charge in [-0.25, -0.2) is 4.79 Å². The van der Waals surface area contributed by atoms with Gasteiger partial charge in [0.05, 0.1) is 12.2 Å². The van der Waals surface area contributed by atoms with Gasteiger partial charge in [0, 0.05) is 13.1 Å². The number of amides is 2. The second-order valence-electron chi connectivity index (χ2n) is 4.22. The number of morpholine rings is 1. The van der Waals surface area contributed by atoms with Gasteiger partial charge in [-0.15, -0.1) is 10.2 Å². The number of nitrogens with zero attached hydrogens (tertiary/aromatic N) is 3. The number of hydrogen-bond acceptors (Lipinski definition) is 5. The number of carbonyl (C=O) groups is 1. The SMILES string of the molecule is Cc1nnc(NC(=O)N2CC(C)OC(C)C2)s1. The molecule has 1 aliphatic heterocycles. The van der Waals surface area contributed by atoms with Crippen molar-refractivity contribution in [2.24, 2.45) is 0 Å². The van der Waals surface area contributed by atoms with E-state index in [1.807, 2.05) is 20.8 Å². The maximum Gasteiger partial charge on any atom is 0.323 e. The second kappa shape index (κ2) is 4.97. The number of carbonyl (C=O) groups excluding carboxylic acids is 1. The lowest BCUT2D eigenvalue weighted by molar-refractivity contribution is -0.0530. The highest BCUT2D eigenvalue weighted by Gasteiger charge is 2.26. The van der Waals surface area contributed by atoms with Crippen molar-refractivity contribution < 1.29 is 9.53 Å². The van der Waals surface area contributed by atoms with Crippen molar-refractivity contribution in [2.45, 2.75) is 33.0 Å². The normalized spacial score (nSPS) is 24.8. The Kier molecular flexibility index (Phi) is 3.58. The summed E-state index contributed by atoms with van der Waals surface area (Å²) in [4.78, 5) is 13.7. The zero-order valence-corrected chi connectivity index (χ0v) is 11.0. The Morgan fingerprint density at radius 1 is 1.41 bits per heavy atom. The van der Waals surface area contributed by atoms with Crippen LogP contribution in [0.15, 0.2) is 0 Å². The van der Waals surface area contributed by atoms with E-state index in [4.69, 9.17) is 4.74 Å². The van der Waals surface area contributed by atoms with Gasteiger partial charge in [0.1, 0.15) is 5.01 Å². The van der Waals surface area contributed by atoms with E-state index in [0.717, 1.165) is 5.01 Å². The Morgan fingerprint density at radius 3 is 2.59 bits per heavy atom. The van der Waals surface area contributed by atoms with Crippen molar-refractivity contribution in [3.63, 3.8) is 0 Å². The highest BCUT2D eigenvalue weighted by molar-refractivity contribution is 7.15. The highest BCUT2D eigenvalue weighted by Crippen LogP contribution is 2.16. The van der Waals surface area contributed by atoms with Crippen LogP contribution in [-0.4, -0.2) is 46.4 Å². The molecule has 0 radical (unpaired) electrons. The van der Waals surface area contributed by atoms with Gasteiger partial charge in [-0.05, 0) is 20.8 Å². The maximum absolute atomic E-state index is 12.0. The summed E-state index contributed by atoms with van der Waals surface area (Å²) in [5, 5.41) is 11.9. The molecule has 2 amide bonds. The fourth-order valence-electron chi connectivity index (χ4n) is 1.86. The zero-order chi connectivity index (χ0) is 12.4. The molecule has 94 valence electrons. The Hall–Kier alpha value is -1.21. The third kappa shape index (κ3) is 3.13. The van der Waals surface area contributed by atoms with Crippen LogP contribution < -0.4 is 5.32 Å². The molecule has 1 aromatic heterocycles. The molecule has 0 bridgehead atoms. The Labute approximate surface area is 104 Å². The number of rotatable bonds is 1. The largest absolute Gasteiger partial charge is 0.372 e. The zero-order valence-electron chi connectivity index (χ0n) is 10.1. The standard InChI is InChI=1S/C10H16N4O2S/c1-6-4-14(5-7(2)16-6)10(15)11-9-13-12-8(3)17-9/h6-7H,4-5H2,1-3H3,(H,11,13,15). The van der Waals surface area contributed by atoms with E-state index >= 15 is 0 Å². The molecular weight excluding hydrogens is 240 g/mol. The molecule has 7 heteroatoms. The van der Waals surface area contributed by atoms with Crippen molar-refractivity contribution in [3.05, 3.63) is 5.01 Å². The topological polar surface area (TPSA) is 67.4 Å². The van der Waals surface area contributed by atoms with Crippen LogP contribution in [0.2, 0.25) is 0 Å². The second-order valence-corrected chi connectivity index (χ2v) is 5.40. The number of ether oxygens (including phenoxy) is 1. The Morgan fingerprint density at radius 2 is 2.06 bits per heavy atom. The van der Waals surface area contributed by atoms with Crippen LogP contribution in [0, 0.1) is 6.92 Å². The van der Waals surface area contributed by atoms with E-state index in [1.54, 1.807) is 4.90 Å². The van der Waals surface area contributed by atoms with E-state index in [2.05, 4.69) is 15.5 Å². The number of aryl methyl sites for hydroxylation is 1. The molecule has 1 aromatic rings. The minimum atomic E-state index is -0.136. The van der Waals surface area contributed by atoms with E-state index in [1.165, 1.54) is 11.3 Å². The average molecular weight is 256 g/mol. The number of hydrogen-bond donors (Lipinski definition) is 1. The lowest BCUT2D eigenvalue weighted by Crippen LogP contribution is -2.49. The van der Waals surface area contributed by atoms with Gasteiger partial charge in [-0.1, -0.05) is 11.3 Å². The van der Waals surface area contributed by atoms with Crippen LogP contribution in [0.25, 0.3) is 0 Å². The molecule has 0 spiro atoms. The van der Waals surface area contributed by atoms with Crippen molar-refractivity contribution in [1.29, 1.82) is 0 Å². The molecule has 6 nitrogen and oxygen atoms in total. The third-order valence-electron chi connectivity index (χ3n) is 2.45. The molecule has 2 heterocycles. The Bertz CT molecular complexity index is 399. The van der Waals surface area contributed by atoms with Gasteiger partial charge in [0.25, 0.3) is 0 Å². The lowest BCUT2D eigenvalue weighted by atomic mass is 10.2. The number of nitrogens with one attached hydrogen (secondary N) is 1. The molecule has 1 N–H and O–H groups in total. The molecular formula is C10H16N4O2S. The highest BCUT2D eigenvalue weighted by atomic mass is 32.1. The third-order valence-corrected chi connectivity index (χ3v) is 3.20. The number of aromatic nitrogens is 2. The summed E-state index contributed by atoms with van der Waals surface area (Å²) in [6, 6.07) is -0.136. The van der Waals surface area contributed by atoms with Crippen LogP contribution in [0.5, 0.6) is 0 Å². The van der Waals surface area contributed by atoms with Crippen molar-refractivity contribution in [2.75, 3.05) is 18.4 Å². The number of anilines is 1. The fraction of sp³-hybridized carbons (Fsp3) is 0.700. The molecule has 0 aliphatic carbocycles. The van der Waals surface area contributed by atoms with E-state index in [0.29, 0.717) is 18.2 Å². The smallest absolute Gasteiger partial charge is 0.323 e. The van der Waals surface area contributed by atoms with Crippen LogP contribution in [0.4, 0.5) is 9.93 Å². The van der Waals surface area contributed by atoms with Crippen molar-refractivity contribution in [3.8, 4) is 0 Å². The summed E-state index contributed by atoms with van der Waals surface area (Å²) in [7, 11) is 0. The van der Waals surface area contributed by atoms with Gasteiger partial charge in [-0.2, -0.15) is 0 Å². The first-order valence-corrected chi connectivity index (χ1v) is 6.37. The molecule has 1 fully saturated rings. The van der Waals surface area contributed by atoms with Gasteiger partial charge in [-0.3, -0.25) is 5.32 Å². The first-order valence-electron chi connectivity index (χ1n) is 5.56. The summed E-state index contributed by atoms with van der Waals surface area (Å²) in [6.45, 7) is 6.99. The van der Waals surface area contributed by atoms with E-state index in [-0.39, 0.29) is 18.2 Å². The minimum absolute atomic E-state index is 0.0701. The molecule has 2 atom stereocenters. The Balaban J connectivity index is 1.95. The summed E-state index contributed by atoms with van der Waals surface area (Å²) in [6.07, 6.45) is 0.140. The fourth-order valence-corrected chi connectivity index (χ4v) is 2.44. The van der Waals surface area contributed by atoms with Crippen LogP contribution in [0.1, 0.15) is 18.9 Å². The average Bonchev–Trinajstić information content (AvgIpc) is 2.62. The van der Waals surface area contributed by atoms with Crippen LogP contribution >= 0.6 is 11.3 Å². The molecule has 1 saturated heterocycles. The lowest BCUT2D eigenvalue weighted by Gasteiger charge is -2.34. The van der Waals surface area contributed by atoms with Crippen LogP contribution in [0.3, 0.4) is 0 Å². The molecule has 1 aliphatic rings. The van der Waals surface area contributed by atoms with Gasteiger partial charge in [0.2, 0.25) is 5.13 Å². The van der Waals surface area contributed by atoms with Gasteiger partial charge < -0.3 is 9.64 Å².